The molecule has 3 N–H and O–H groups in total. The Kier molecular flexibility index (Phi) is 4.59. The lowest BCUT2D eigenvalue weighted by molar-refractivity contribution is -0.0213. The van der Waals surface area contributed by atoms with E-state index in [4.69, 9.17) is 5.14 Å². The Balaban J connectivity index is 1.69. The molecule has 3 rings (SSSR count). The van der Waals surface area contributed by atoms with Crippen molar-refractivity contribution in [3.8, 4) is 0 Å². The molecule has 0 saturated carbocycles. The van der Waals surface area contributed by atoms with Crippen molar-refractivity contribution in [3.05, 3.63) is 59.9 Å². The Labute approximate surface area is 146 Å². The molecule has 7 nitrogen and oxygen atoms in total. The zero-order valence-electron chi connectivity index (χ0n) is 13.5. The second-order valence-corrected chi connectivity index (χ2v) is 7.70. The number of primary sulfonamides is 1. The summed E-state index contributed by atoms with van der Waals surface area (Å²) in [5, 5.41) is 15.8. The van der Waals surface area contributed by atoms with E-state index in [1.54, 1.807) is 23.4 Å². The van der Waals surface area contributed by atoms with E-state index in [1.165, 1.54) is 24.3 Å². The minimum Gasteiger partial charge on any atom is -0.385 e. The predicted molar refractivity (Wildman–Crippen MR) is 91.1 cm³/mol. The van der Waals surface area contributed by atoms with Crippen molar-refractivity contribution in [2.45, 2.75) is 23.3 Å². The van der Waals surface area contributed by atoms with Gasteiger partial charge in [0, 0.05) is 36.6 Å². The van der Waals surface area contributed by atoms with Crippen LogP contribution in [0, 0.1) is 0 Å². The number of aromatic nitrogens is 1. The number of carbonyl (C=O) groups is 1. The van der Waals surface area contributed by atoms with Gasteiger partial charge in [-0.05, 0) is 43.2 Å². The van der Waals surface area contributed by atoms with Crippen LogP contribution < -0.4 is 5.14 Å². The van der Waals surface area contributed by atoms with E-state index in [0.717, 1.165) is 5.56 Å². The SMILES string of the molecule is NS(=O)(=O)c1ccc(C(=O)N2CCC(O)(c3cccnc3)CC2)cc1. The monoisotopic (exact) mass is 361 g/mol. The number of nitrogens with two attached hydrogens (primary N) is 1. The number of hydrogen-bond acceptors (Lipinski definition) is 5. The Hall–Kier alpha value is -2.29. The third kappa shape index (κ3) is 3.71. The molecule has 0 unspecified atom stereocenters. The summed E-state index contributed by atoms with van der Waals surface area (Å²) >= 11 is 0. The molecule has 1 aromatic heterocycles. The first-order valence-corrected chi connectivity index (χ1v) is 9.39. The molecule has 0 spiro atoms. The molecule has 132 valence electrons. The molecular weight excluding hydrogens is 342 g/mol. The lowest BCUT2D eigenvalue weighted by Crippen LogP contribution is -2.45. The fraction of sp³-hybridized carbons (Fsp3) is 0.294. The Morgan fingerprint density at radius 3 is 2.32 bits per heavy atom. The van der Waals surface area contributed by atoms with Crippen LogP contribution in [0.15, 0.2) is 53.7 Å². The third-order valence-electron chi connectivity index (χ3n) is 4.51. The summed E-state index contributed by atoms with van der Waals surface area (Å²) in [5.41, 5.74) is 0.154. The van der Waals surface area contributed by atoms with Crippen LogP contribution in [0.1, 0.15) is 28.8 Å². The van der Waals surface area contributed by atoms with E-state index >= 15 is 0 Å². The first-order valence-electron chi connectivity index (χ1n) is 7.85. The van der Waals surface area contributed by atoms with Gasteiger partial charge < -0.3 is 10.0 Å². The van der Waals surface area contributed by atoms with E-state index < -0.39 is 15.6 Å². The van der Waals surface area contributed by atoms with Crippen LogP contribution in [0.2, 0.25) is 0 Å². The average Bonchev–Trinajstić information content (AvgIpc) is 2.62. The largest absolute Gasteiger partial charge is 0.385 e. The predicted octanol–water partition coefficient (Wildman–Crippen LogP) is 0.853. The number of aliphatic hydroxyl groups is 1. The molecule has 1 amide bonds. The fourth-order valence-corrected chi connectivity index (χ4v) is 3.49. The quantitative estimate of drug-likeness (QED) is 0.841. The van der Waals surface area contributed by atoms with Gasteiger partial charge in [0.25, 0.3) is 5.91 Å². The number of carbonyl (C=O) groups excluding carboxylic acids is 1. The molecule has 1 aliphatic heterocycles. The number of hydrogen-bond donors (Lipinski definition) is 2. The number of benzene rings is 1. The molecule has 0 atom stereocenters. The summed E-state index contributed by atoms with van der Waals surface area (Å²) in [6.07, 6.45) is 4.12. The van der Waals surface area contributed by atoms with Crippen LogP contribution in [0.3, 0.4) is 0 Å². The molecule has 8 heteroatoms. The number of pyridine rings is 1. The van der Waals surface area contributed by atoms with Crippen molar-refractivity contribution in [2.24, 2.45) is 5.14 Å². The van der Waals surface area contributed by atoms with E-state index in [2.05, 4.69) is 4.98 Å². The van der Waals surface area contributed by atoms with Crippen LogP contribution in [-0.4, -0.2) is 42.4 Å². The van der Waals surface area contributed by atoms with Gasteiger partial charge in [-0.2, -0.15) is 0 Å². The van der Waals surface area contributed by atoms with E-state index in [-0.39, 0.29) is 10.8 Å². The van der Waals surface area contributed by atoms with Crippen molar-refractivity contribution in [2.75, 3.05) is 13.1 Å². The summed E-state index contributed by atoms with van der Waals surface area (Å²) < 4.78 is 22.5. The molecule has 0 radical (unpaired) electrons. The maximum Gasteiger partial charge on any atom is 0.253 e. The number of nitrogens with zero attached hydrogens (tertiary/aromatic N) is 2. The van der Waals surface area contributed by atoms with Gasteiger partial charge in [-0.15, -0.1) is 0 Å². The Bertz CT molecular complexity index is 859. The normalized spacial score (nSPS) is 17.3. The van der Waals surface area contributed by atoms with Gasteiger partial charge >= 0.3 is 0 Å². The molecule has 0 aliphatic carbocycles. The molecule has 1 saturated heterocycles. The minimum absolute atomic E-state index is 0.0337. The first-order chi connectivity index (χ1) is 11.8. The number of likely N-dealkylation sites (tertiary alicyclic amines) is 1. The maximum atomic E-state index is 12.6. The van der Waals surface area contributed by atoms with Crippen molar-refractivity contribution in [3.63, 3.8) is 0 Å². The van der Waals surface area contributed by atoms with Gasteiger partial charge in [0.2, 0.25) is 10.0 Å². The van der Waals surface area contributed by atoms with Gasteiger partial charge in [0.15, 0.2) is 0 Å². The number of sulfonamides is 1. The van der Waals surface area contributed by atoms with Crippen LogP contribution in [-0.2, 0) is 15.6 Å². The third-order valence-corrected chi connectivity index (χ3v) is 5.44. The van der Waals surface area contributed by atoms with Gasteiger partial charge in [-0.3, -0.25) is 9.78 Å². The first kappa shape index (κ1) is 17.5. The topological polar surface area (TPSA) is 114 Å². The second kappa shape index (κ2) is 6.55. The molecule has 2 aromatic rings. The zero-order chi connectivity index (χ0) is 18.1. The highest BCUT2D eigenvalue weighted by molar-refractivity contribution is 7.89. The summed E-state index contributed by atoms with van der Waals surface area (Å²) in [7, 11) is -3.78. The number of piperidine rings is 1. The smallest absolute Gasteiger partial charge is 0.253 e. The molecule has 0 bridgehead atoms. The average molecular weight is 361 g/mol. The van der Waals surface area contributed by atoms with E-state index in [1.807, 2.05) is 6.07 Å². The fourth-order valence-electron chi connectivity index (χ4n) is 2.98. The van der Waals surface area contributed by atoms with Crippen LogP contribution >= 0.6 is 0 Å². The zero-order valence-corrected chi connectivity index (χ0v) is 14.3. The van der Waals surface area contributed by atoms with Gasteiger partial charge in [-0.25, -0.2) is 13.6 Å². The molecule has 1 aromatic carbocycles. The standard InChI is InChI=1S/C17H19N3O4S/c18-25(23,24)15-5-3-13(4-6-15)16(21)20-10-7-17(22,8-11-20)14-2-1-9-19-12-14/h1-6,9,12,22H,7-8,10-11H2,(H2,18,23,24). The number of amides is 1. The lowest BCUT2D eigenvalue weighted by atomic mass is 9.85. The second-order valence-electron chi connectivity index (χ2n) is 6.13. The molecule has 25 heavy (non-hydrogen) atoms. The summed E-state index contributed by atoms with van der Waals surface area (Å²) in [5.74, 6) is -0.200. The Morgan fingerprint density at radius 1 is 1.16 bits per heavy atom. The van der Waals surface area contributed by atoms with Gasteiger partial charge in [0.1, 0.15) is 0 Å². The highest BCUT2D eigenvalue weighted by atomic mass is 32.2. The van der Waals surface area contributed by atoms with Crippen molar-refractivity contribution in [1.82, 2.24) is 9.88 Å². The van der Waals surface area contributed by atoms with Crippen LogP contribution in [0.4, 0.5) is 0 Å². The molecule has 1 aliphatic rings. The van der Waals surface area contributed by atoms with Crippen molar-refractivity contribution in [1.29, 1.82) is 0 Å². The van der Waals surface area contributed by atoms with Gasteiger partial charge in [-0.1, -0.05) is 6.07 Å². The molecule has 1 fully saturated rings. The van der Waals surface area contributed by atoms with E-state index in [9.17, 15) is 18.3 Å². The number of rotatable bonds is 3. The lowest BCUT2D eigenvalue weighted by Gasteiger charge is -2.38. The summed E-state index contributed by atoms with van der Waals surface area (Å²) in [4.78, 5) is 18.2. The van der Waals surface area contributed by atoms with Crippen molar-refractivity contribution < 1.29 is 18.3 Å². The minimum atomic E-state index is -3.78. The van der Waals surface area contributed by atoms with Crippen LogP contribution in [0.5, 0.6) is 0 Å². The Morgan fingerprint density at radius 2 is 1.80 bits per heavy atom. The summed E-state index contributed by atoms with van der Waals surface area (Å²) in [6, 6.07) is 9.14. The highest BCUT2D eigenvalue weighted by Crippen LogP contribution is 2.32. The van der Waals surface area contributed by atoms with Crippen LogP contribution in [0.25, 0.3) is 0 Å². The van der Waals surface area contributed by atoms with Gasteiger partial charge in [0.05, 0.1) is 10.5 Å². The molecular formula is C17H19N3O4S. The molecule has 2 heterocycles. The van der Waals surface area contributed by atoms with E-state index in [0.29, 0.717) is 31.5 Å². The maximum absolute atomic E-state index is 12.6. The van der Waals surface area contributed by atoms with Crippen molar-refractivity contribution >= 4 is 15.9 Å². The summed E-state index contributed by atoms with van der Waals surface area (Å²) in [6.45, 7) is 0.808. The highest BCUT2D eigenvalue weighted by Gasteiger charge is 2.35.